The molecule has 74 valence electrons. The number of thioether (sulfide) groups is 1. The maximum atomic E-state index is 5.60. The lowest BCUT2D eigenvalue weighted by atomic mass is 10.3. The molecule has 0 aromatic carbocycles. The molecule has 0 spiro atoms. The number of rotatable bonds is 7. The summed E-state index contributed by atoms with van der Waals surface area (Å²) in [6, 6.07) is 0.293. The van der Waals surface area contributed by atoms with Gasteiger partial charge in [-0.2, -0.15) is 11.8 Å². The predicted octanol–water partition coefficient (Wildman–Crippen LogP) is 1.08. The summed E-state index contributed by atoms with van der Waals surface area (Å²) >= 11 is 1.81. The van der Waals surface area contributed by atoms with Gasteiger partial charge in [0, 0.05) is 26.0 Å². The molecule has 0 fully saturated rings. The zero-order chi connectivity index (χ0) is 9.40. The van der Waals surface area contributed by atoms with Gasteiger partial charge in [0.05, 0.1) is 0 Å². The van der Waals surface area contributed by atoms with Crippen LogP contribution in [0, 0.1) is 0 Å². The highest BCUT2D eigenvalue weighted by Crippen LogP contribution is 2.08. The fraction of sp³-hybridized carbons (Fsp3) is 1.00. The first kappa shape index (κ1) is 12.2. The van der Waals surface area contributed by atoms with Crippen molar-refractivity contribution in [1.82, 2.24) is 0 Å². The predicted molar refractivity (Wildman–Crippen MR) is 53.4 cm³/mol. The van der Waals surface area contributed by atoms with Gasteiger partial charge in [-0.1, -0.05) is 0 Å². The first-order chi connectivity index (χ1) is 5.70. The Hall–Kier alpha value is 0.230. The van der Waals surface area contributed by atoms with Crippen molar-refractivity contribution in [3.63, 3.8) is 0 Å². The van der Waals surface area contributed by atoms with Crippen molar-refractivity contribution in [3.8, 4) is 0 Å². The highest BCUT2D eigenvalue weighted by molar-refractivity contribution is 7.99. The highest BCUT2D eigenvalue weighted by Gasteiger charge is 2.04. The van der Waals surface area contributed by atoms with Gasteiger partial charge in [0.15, 0.2) is 6.29 Å². The molecule has 0 rings (SSSR count). The fourth-order valence-corrected chi connectivity index (χ4v) is 1.85. The van der Waals surface area contributed by atoms with Gasteiger partial charge >= 0.3 is 0 Å². The van der Waals surface area contributed by atoms with Crippen molar-refractivity contribution < 1.29 is 9.47 Å². The lowest BCUT2D eigenvalue weighted by molar-refractivity contribution is -0.0842. The van der Waals surface area contributed by atoms with Crippen LogP contribution >= 0.6 is 11.8 Å². The Morgan fingerprint density at radius 3 is 2.33 bits per heavy atom. The summed E-state index contributed by atoms with van der Waals surface area (Å²) < 4.78 is 10.1. The summed E-state index contributed by atoms with van der Waals surface area (Å²) in [4.78, 5) is 0. The van der Waals surface area contributed by atoms with E-state index < -0.39 is 0 Å². The molecule has 0 radical (unpaired) electrons. The molecule has 0 aliphatic heterocycles. The molecule has 0 bridgehead atoms. The summed E-state index contributed by atoms with van der Waals surface area (Å²) in [6.07, 6.45) is 0.966. The fourth-order valence-electron chi connectivity index (χ4n) is 0.681. The van der Waals surface area contributed by atoms with Gasteiger partial charge < -0.3 is 15.2 Å². The number of methoxy groups -OCH3 is 2. The molecule has 0 saturated carbocycles. The third-order valence-corrected chi connectivity index (χ3v) is 2.53. The Balaban J connectivity index is 3.17. The Morgan fingerprint density at radius 2 is 1.92 bits per heavy atom. The molecule has 3 nitrogen and oxygen atoms in total. The van der Waals surface area contributed by atoms with Crippen molar-refractivity contribution in [2.75, 3.05) is 25.7 Å². The van der Waals surface area contributed by atoms with E-state index in [0.29, 0.717) is 6.04 Å². The number of ether oxygens (including phenoxy) is 2. The average Bonchev–Trinajstić information content (AvgIpc) is 2.04. The minimum Gasteiger partial charge on any atom is -0.355 e. The van der Waals surface area contributed by atoms with Crippen molar-refractivity contribution >= 4 is 11.8 Å². The molecule has 1 atom stereocenters. The van der Waals surface area contributed by atoms with Gasteiger partial charge in [0.2, 0.25) is 0 Å². The molecular formula is C8H19NO2S. The summed E-state index contributed by atoms with van der Waals surface area (Å²) in [5.74, 6) is 1.95. The van der Waals surface area contributed by atoms with E-state index in [-0.39, 0.29) is 6.29 Å². The van der Waals surface area contributed by atoms with Crippen molar-refractivity contribution in [2.24, 2.45) is 5.73 Å². The van der Waals surface area contributed by atoms with Crippen LogP contribution in [0.1, 0.15) is 13.3 Å². The smallest absolute Gasteiger partial charge is 0.165 e. The van der Waals surface area contributed by atoms with E-state index in [1.165, 1.54) is 0 Å². The zero-order valence-corrected chi connectivity index (χ0v) is 8.89. The first-order valence-corrected chi connectivity index (χ1v) is 5.25. The third kappa shape index (κ3) is 6.91. The van der Waals surface area contributed by atoms with E-state index in [1.807, 2.05) is 18.7 Å². The van der Waals surface area contributed by atoms with Gasteiger partial charge in [0.25, 0.3) is 0 Å². The van der Waals surface area contributed by atoms with Gasteiger partial charge in [-0.3, -0.25) is 0 Å². The zero-order valence-electron chi connectivity index (χ0n) is 8.08. The van der Waals surface area contributed by atoms with Crippen LogP contribution in [0.15, 0.2) is 0 Å². The second-order valence-corrected chi connectivity index (χ2v) is 3.89. The second kappa shape index (κ2) is 7.86. The van der Waals surface area contributed by atoms with E-state index in [1.54, 1.807) is 14.2 Å². The Labute approximate surface area is 79.0 Å². The van der Waals surface area contributed by atoms with Crippen LogP contribution in [0.4, 0.5) is 0 Å². The van der Waals surface area contributed by atoms with Crippen molar-refractivity contribution in [1.29, 1.82) is 0 Å². The molecule has 0 aliphatic carbocycles. The van der Waals surface area contributed by atoms with Gasteiger partial charge in [-0.15, -0.1) is 0 Å². The summed E-state index contributed by atoms with van der Waals surface area (Å²) in [5, 5.41) is 0. The van der Waals surface area contributed by atoms with Crippen LogP contribution in [0.5, 0.6) is 0 Å². The second-order valence-electron chi connectivity index (χ2n) is 2.74. The molecule has 4 heteroatoms. The topological polar surface area (TPSA) is 44.5 Å². The Morgan fingerprint density at radius 1 is 1.33 bits per heavy atom. The number of nitrogens with two attached hydrogens (primary N) is 1. The molecule has 0 aliphatic rings. The lowest BCUT2D eigenvalue weighted by Gasteiger charge is -2.12. The van der Waals surface area contributed by atoms with Crippen LogP contribution in [0.3, 0.4) is 0 Å². The highest BCUT2D eigenvalue weighted by atomic mass is 32.2. The van der Waals surface area contributed by atoms with Gasteiger partial charge in [-0.05, 0) is 19.1 Å². The van der Waals surface area contributed by atoms with E-state index in [0.717, 1.165) is 17.9 Å². The summed E-state index contributed by atoms with van der Waals surface area (Å²) in [5.41, 5.74) is 5.60. The maximum absolute atomic E-state index is 5.60. The third-order valence-electron chi connectivity index (χ3n) is 1.50. The summed E-state index contributed by atoms with van der Waals surface area (Å²) in [6.45, 7) is 2.02. The summed E-state index contributed by atoms with van der Waals surface area (Å²) in [7, 11) is 3.31. The maximum Gasteiger partial charge on any atom is 0.165 e. The molecule has 2 N–H and O–H groups in total. The molecule has 0 saturated heterocycles. The minimum absolute atomic E-state index is 0.0805. The Kier molecular flexibility index (Phi) is 8.01. The average molecular weight is 193 g/mol. The standard InChI is InChI=1S/C8H19NO2S/c1-7(9)4-5-12-6-8(10-2)11-3/h7-8H,4-6,9H2,1-3H3. The van der Waals surface area contributed by atoms with Crippen LogP contribution in [-0.4, -0.2) is 38.1 Å². The van der Waals surface area contributed by atoms with E-state index in [2.05, 4.69) is 0 Å². The van der Waals surface area contributed by atoms with E-state index in [4.69, 9.17) is 15.2 Å². The van der Waals surface area contributed by atoms with Gasteiger partial charge in [0.1, 0.15) is 0 Å². The van der Waals surface area contributed by atoms with Crippen molar-refractivity contribution in [3.05, 3.63) is 0 Å². The normalized spacial score (nSPS) is 13.8. The molecule has 12 heavy (non-hydrogen) atoms. The number of hydrogen-bond donors (Lipinski definition) is 1. The van der Waals surface area contributed by atoms with E-state index >= 15 is 0 Å². The van der Waals surface area contributed by atoms with Crippen LogP contribution in [0.25, 0.3) is 0 Å². The molecular weight excluding hydrogens is 174 g/mol. The molecule has 0 heterocycles. The van der Waals surface area contributed by atoms with E-state index in [9.17, 15) is 0 Å². The first-order valence-electron chi connectivity index (χ1n) is 4.09. The monoisotopic (exact) mass is 193 g/mol. The number of hydrogen-bond acceptors (Lipinski definition) is 4. The SMILES string of the molecule is COC(CSCCC(C)N)OC. The lowest BCUT2D eigenvalue weighted by Crippen LogP contribution is -2.18. The molecule has 0 aromatic heterocycles. The molecule has 0 aromatic rings. The molecule has 0 amide bonds. The Bertz CT molecular complexity index is 97.1. The van der Waals surface area contributed by atoms with Crippen molar-refractivity contribution in [2.45, 2.75) is 25.7 Å². The molecule has 1 unspecified atom stereocenters. The quantitative estimate of drug-likeness (QED) is 0.485. The van der Waals surface area contributed by atoms with Gasteiger partial charge in [-0.25, -0.2) is 0 Å². The van der Waals surface area contributed by atoms with Crippen LogP contribution in [0.2, 0.25) is 0 Å². The van der Waals surface area contributed by atoms with Crippen LogP contribution in [-0.2, 0) is 9.47 Å². The minimum atomic E-state index is -0.0805. The largest absolute Gasteiger partial charge is 0.355 e. The van der Waals surface area contributed by atoms with Crippen LogP contribution < -0.4 is 5.73 Å².